The van der Waals surface area contributed by atoms with E-state index in [1.165, 1.54) is 36.8 Å². The third kappa shape index (κ3) is 2.14. The Hall–Kier alpha value is -1.67. The molecule has 0 spiro atoms. The molecule has 1 aliphatic carbocycles. The second kappa shape index (κ2) is 5.02. The lowest BCUT2D eigenvalue weighted by Crippen LogP contribution is -2.46. The Labute approximate surface area is 120 Å². The van der Waals surface area contributed by atoms with Gasteiger partial charge in [0.25, 0.3) is 0 Å². The van der Waals surface area contributed by atoms with Gasteiger partial charge in [-0.15, -0.1) is 0 Å². The van der Waals surface area contributed by atoms with Gasteiger partial charge in [-0.05, 0) is 43.2 Å². The summed E-state index contributed by atoms with van der Waals surface area (Å²) in [6.07, 6.45) is 7.54. The van der Waals surface area contributed by atoms with Crippen molar-refractivity contribution in [3.05, 3.63) is 54.2 Å². The average Bonchev–Trinajstić information content (AvgIpc) is 2.57. The molecule has 1 unspecified atom stereocenters. The molecule has 0 radical (unpaired) electrons. The van der Waals surface area contributed by atoms with Crippen LogP contribution in [0, 0.1) is 5.92 Å². The minimum Gasteiger partial charge on any atom is -0.307 e. The Morgan fingerprint density at radius 3 is 2.30 bits per heavy atom. The first-order chi connectivity index (χ1) is 9.90. The number of hydrogen-bond acceptors (Lipinski definition) is 2. The molecule has 5 rings (SSSR count). The molecule has 1 saturated carbocycles. The number of piperidine rings is 2. The van der Waals surface area contributed by atoms with E-state index in [1.54, 1.807) is 0 Å². The van der Waals surface area contributed by atoms with Crippen LogP contribution in [-0.4, -0.2) is 11.0 Å². The summed E-state index contributed by atoms with van der Waals surface area (Å²) in [7, 11) is 0. The molecule has 102 valence electrons. The highest BCUT2D eigenvalue weighted by Gasteiger charge is 2.35. The lowest BCUT2D eigenvalue weighted by molar-refractivity contribution is 0.149. The highest BCUT2D eigenvalue weighted by molar-refractivity contribution is 5.58. The van der Waals surface area contributed by atoms with E-state index in [2.05, 4.69) is 52.9 Å². The van der Waals surface area contributed by atoms with Gasteiger partial charge in [-0.1, -0.05) is 36.4 Å². The van der Waals surface area contributed by atoms with Gasteiger partial charge in [-0.3, -0.25) is 4.98 Å². The van der Waals surface area contributed by atoms with Crippen molar-refractivity contribution in [3.8, 4) is 11.3 Å². The minimum absolute atomic E-state index is 0.528. The zero-order valence-corrected chi connectivity index (χ0v) is 11.6. The van der Waals surface area contributed by atoms with Gasteiger partial charge in [0, 0.05) is 23.8 Å². The van der Waals surface area contributed by atoms with E-state index in [0.29, 0.717) is 6.04 Å². The average molecular weight is 264 g/mol. The smallest absolute Gasteiger partial charge is 0.0702 e. The summed E-state index contributed by atoms with van der Waals surface area (Å²) < 4.78 is 0. The molecule has 3 aliphatic rings. The van der Waals surface area contributed by atoms with Crippen molar-refractivity contribution < 1.29 is 0 Å². The van der Waals surface area contributed by atoms with E-state index in [-0.39, 0.29) is 0 Å². The standard InChI is InChI=1S/C18H20N2/c1-2-4-13(5-3-1)17-11-8-15(12-19-17)18-14-6-9-16(20-18)10-7-14/h1-5,8,11-12,14,16,18,20H,6-7,9-10H2. The van der Waals surface area contributed by atoms with Crippen molar-refractivity contribution in [1.29, 1.82) is 0 Å². The predicted molar refractivity (Wildman–Crippen MR) is 81.3 cm³/mol. The van der Waals surface area contributed by atoms with Gasteiger partial charge >= 0.3 is 0 Å². The summed E-state index contributed by atoms with van der Waals surface area (Å²) in [6, 6.07) is 16.1. The monoisotopic (exact) mass is 264 g/mol. The third-order valence-electron chi connectivity index (χ3n) is 4.87. The van der Waals surface area contributed by atoms with Crippen LogP contribution >= 0.6 is 0 Å². The van der Waals surface area contributed by atoms with Gasteiger partial charge in [0.15, 0.2) is 0 Å². The van der Waals surface area contributed by atoms with Gasteiger partial charge in [0.2, 0.25) is 0 Å². The maximum absolute atomic E-state index is 4.67. The van der Waals surface area contributed by atoms with Gasteiger partial charge in [0.1, 0.15) is 0 Å². The van der Waals surface area contributed by atoms with Crippen LogP contribution in [0.2, 0.25) is 0 Å². The van der Waals surface area contributed by atoms with Gasteiger partial charge in [-0.25, -0.2) is 0 Å². The SMILES string of the molecule is c1ccc(-c2ccc(C3NC4CCC3CC4)cn2)cc1. The minimum atomic E-state index is 0.528. The molecule has 3 fully saturated rings. The Bertz CT molecular complexity index is 568. The molecular formula is C18H20N2. The van der Waals surface area contributed by atoms with Crippen molar-refractivity contribution >= 4 is 0 Å². The number of benzene rings is 1. The number of aromatic nitrogens is 1. The van der Waals surface area contributed by atoms with Crippen molar-refractivity contribution in [3.63, 3.8) is 0 Å². The fourth-order valence-corrected chi connectivity index (χ4v) is 3.75. The molecule has 2 heteroatoms. The first-order valence-corrected chi connectivity index (χ1v) is 7.67. The van der Waals surface area contributed by atoms with Crippen LogP contribution in [0.1, 0.15) is 37.3 Å². The Morgan fingerprint density at radius 2 is 1.70 bits per heavy atom. The summed E-state index contributed by atoms with van der Waals surface area (Å²) in [5, 5.41) is 3.79. The van der Waals surface area contributed by atoms with Crippen molar-refractivity contribution in [2.75, 3.05) is 0 Å². The van der Waals surface area contributed by atoms with E-state index < -0.39 is 0 Å². The van der Waals surface area contributed by atoms with Crippen LogP contribution in [-0.2, 0) is 0 Å². The van der Waals surface area contributed by atoms with E-state index in [1.807, 2.05) is 6.07 Å². The van der Waals surface area contributed by atoms with Crippen molar-refractivity contribution in [1.82, 2.24) is 10.3 Å². The lowest BCUT2D eigenvalue weighted by Gasteiger charge is -2.43. The predicted octanol–water partition coefficient (Wildman–Crippen LogP) is 3.95. The van der Waals surface area contributed by atoms with Gasteiger partial charge < -0.3 is 5.32 Å². The number of nitrogens with one attached hydrogen (secondary N) is 1. The first-order valence-electron chi connectivity index (χ1n) is 7.67. The molecule has 2 aliphatic heterocycles. The molecule has 2 bridgehead atoms. The largest absolute Gasteiger partial charge is 0.307 e. The zero-order valence-electron chi connectivity index (χ0n) is 11.6. The molecule has 3 heterocycles. The molecule has 2 aromatic rings. The second-order valence-electron chi connectivity index (χ2n) is 6.10. The summed E-state index contributed by atoms with van der Waals surface area (Å²) in [4.78, 5) is 4.67. The number of pyridine rings is 1. The third-order valence-corrected chi connectivity index (χ3v) is 4.87. The second-order valence-corrected chi connectivity index (χ2v) is 6.10. The summed E-state index contributed by atoms with van der Waals surface area (Å²) in [5.41, 5.74) is 3.62. The quantitative estimate of drug-likeness (QED) is 0.888. The molecule has 0 amide bonds. The van der Waals surface area contributed by atoms with E-state index >= 15 is 0 Å². The number of hydrogen-bond donors (Lipinski definition) is 1. The Balaban J connectivity index is 1.59. The Morgan fingerprint density at radius 1 is 0.900 bits per heavy atom. The van der Waals surface area contributed by atoms with E-state index in [0.717, 1.165) is 17.7 Å². The molecule has 2 nitrogen and oxygen atoms in total. The molecule has 20 heavy (non-hydrogen) atoms. The molecular weight excluding hydrogens is 244 g/mol. The zero-order chi connectivity index (χ0) is 13.4. The molecule has 1 N–H and O–H groups in total. The number of fused-ring (bicyclic) bond motifs is 3. The fourth-order valence-electron chi connectivity index (χ4n) is 3.75. The van der Waals surface area contributed by atoms with Crippen LogP contribution in [0.5, 0.6) is 0 Å². The molecule has 1 atom stereocenters. The highest BCUT2D eigenvalue weighted by Crippen LogP contribution is 2.40. The first kappa shape index (κ1) is 12.1. The lowest BCUT2D eigenvalue weighted by atomic mass is 9.74. The maximum Gasteiger partial charge on any atom is 0.0702 e. The molecule has 2 saturated heterocycles. The van der Waals surface area contributed by atoms with Crippen molar-refractivity contribution in [2.24, 2.45) is 5.92 Å². The normalized spacial score (nSPS) is 28.5. The topological polar surface area (TPSA) is 24.9 Å². The van der Waals surface area contributed by atoms with Crippen molar-refractivity contribution in [2.45, 2.75) is 37.8 Å². The highest BCUT2D eigenvalue weighted by atomic mass is 15.0. The fraction of sp³-hybridized carbons (Fsp3) is 0.389. The summed E-state index contributed by atoms with van der Waals surface area (Å²) >= 11 is 0. The van der Waals surface area contributed by atoms with Crippen LogP contribution in [0.25, 0.3) is 11.3 Å². The maximum atomic E-state index is 4.67. The number of nitrogens with zero attached hydrogens (tertiary/aromatic N) is 1. The summed E-state index contributed by atoms with van der Waals surface area (Å²) in [6.45, 7) is 0. The van der Waals surface area contributed by atoms with Gasteiger partial charge in [-0.2, -0.15) is 0 Å². The van der Waals surface area contributed by atoms with Crippen LogP contribution in [0.15, 0.2) is 48.7 Å². The van der Waals surface area contributed by atoms with Crippen LogP contribution in [0.4, 0.5) is 0 Å². The molecule has 1 aromatic heterocycles. The Kier molecular flexibility index (Phi) is 3.04. The van der Waals surface area contributed by atoms with E-state index in [9.17, 15) is 0 Å². The van der Waals surface area contributed by atoms with Gasteiger partial charge in [0.05, 0.1) is 5.69 Å². The molecule has 1 aromatic carbocycles. The van der Waals surface area contributed by atoms with Crippen LogP contribution in [0.3, 0.4) is 0 Å². The van der Waals surface area contributed by atoms with E-state index in [4.69, 9.17) is 0 Å². The van der Waals surface area contributed by atoms with Crippen LogP contribution < -0.4 is 5.32 Å². The summed E-state index contributed by atoms with van der Waals surface area (Å²) in [5.74, 6) is 0.810. The number of rotatable bonds is 2.